The second-order valence-electron chi connectivity index (χ2n) is 7.25. The Labute approximate surface area is 166 Å². The Morgan fingerprint density at radius 3 is 2.96 bits per heavy atom. The van der Waals surface area contributed by atoms with E-state index in [1.807, 2.05) is 52.8 Å². The van der Waals surface area contributed by atoms with Crippen molar-refractivity contribution < 1.29 is 9.21 Å². The van der Waals surface area contributed by atoms with Crippen LogP contribution in [0.2, 0.25) is 5.02 Å². The molecule has 1 atom stereocenters. The molecule has 0 bridgehead atoms. The number of amides is 1. The van der Waals surface area contributed by atoms with Crippen molar-refractivity contribution in [2.45, 2.75) is 25.7 Å². The third kappa shape index (κ3) is 2.67. The number of likely N-dealkylation sites (tertiary alicyclic amines) is 1. The van der Waals surface area contributed by atoms with Gasteiger partial charge in [0.05, 0.1) is 5.02 Å². The fraction of sp³-hybridized carbons (Fsp3) is 0.286. The van der Waals surface area contributed by atoms with Gasteiger partial charge in [-0.25, -0.2) is 0 Å². The summed E-state index contributed by atoms with van der Waals surface area (Å²) in [7, 11) is 0. The first-order chi connectivity index (χ1) is 13.6. The quantitative estimate of drug-likeness (QED) is 0.503. The first-order valence-corrected chi connectivity index (χ1v) is 9.78. The average Bonchev–Trinajstić information content (AvgIpc) is 3.30. The van der Waals surface area contributed by atoms with Crippen molar-refractivity contribution >= 4 is 34.1 Å². The van der Waals surface area contributed by atoms with Crippen molar-refractivity contribution in [3.8, 4) is 0 Å². The molecule has 3 aromatic heterocycles. The number of hydrogen-bond acceptors (Lipinski definition) is 4. The van der Waals surface area contributed by atoms with Crippen LogP contribution < -0.4 is 0 Å². The summed E-state index contributed by atoms with van der Waals surface area (Å²) in [5.41, 5.74) is 2.23. The Kier molecular flexibility index (Phi) is 4.09. The van der Waals surface area contributed by atoms with Gasteiger partial charge in [-0.15, -0.1) is 10.2 Å². The minimum absolute atomic E-state index is 0.0942. The minimum Gasteiger partial charge on any atom is -0.449 e. The molecule has 4 heterocycles. The first kappa shape index (κ1) is 17.3. The molecule has 1 amide bonds. The van der Waals surface area contributed by atoms with Gasteiger partial charge in [-0.2, -0.15) is 0 Å². The topological polar surface area (TPSA) is 63.6 Å². The summed E-state index contributed by atoms with van der Waals surface area (Å²) >= 11 is 6.24. The van der Waals surface area contributed by atoms with E-state index >= 15 is 0 Å². The summed E-state index contributed by atoms with van der Waals surface area (Å²) < 4.78 is 7.89. The second-order valence-corrected chi connectivity index (χ2v) is 7.66. The van der Waals surface area contributed by atoms with Gasteiger partial charge in [-0.1, -0.05) is 29.8 Å². The number of halogens is 1. The maximum atomic E-state index is 13.2. The molecule has 0 radical (unpaired) electrons. The monoisotopic (exact) mass is 394 g/mol. The van der Waals surface area contributed by atoms with Crippen LogP contribution in [-0.4, -0.2) is 38.5 Å². The molecule has 7 heteroatoms. The maximum absolute atomic E-state index is 13.2. The lowest BCUT2D eigenvalue weighted by Crippen LogP contribution is -2.39. The molecule has 1 fully saturated rings. The van der Waals surface area contributed by atoms with Crippen LogP contribution >= 0.6 is 11.6 Å². The number of piperidine rings is 1. The molecule has 6 nitrogen and oxygen atoms in total. The highest BCUT2D eigenvalue weighted by molar-refractivity contribution is 6.35. The Hall–Kier alpha value is -2.86. The fourth-order valence-electron chi connectivity index (χ4n) is 4.07. The minimum atomic E-state index is -0.0942. The van der Waals surface area contributed by atoms with Crippen molar-refractivity contribution in [1.82, 2.24) is 19.5 Å². The van der Waals surface area contributed by atoms with Gasteiger partial charge in [0, 0.05) is 36.2 Å². The van der Waals surface area contributed by atoms with E-state index in [1.165, 1.54) is 0 Å². The van der Waals surface area contributed by atoms with E-state index in [1.54, 1.807) is 6.07 Å². The number of aryl methyl sites for hydroxylation is 1. The third-order valence-corrected chi connectivity index (χ3v) is 5.82. The predicted octanol–water partition coefficient (Wildman–Crippen LogP) is 4.46. The van der Waals surface area contributed by atoms with Crippen molar-refractivity contribution in [1.29, 1.82) is 0 Å². The van der Waals surface area contributed by atoms with Gasteiger partial charge in [0.15, 0.2) is 17.0 Å². The van der Waals surface area contributed by atoms with Crippen LogP contribution in [0.5, 0.6) is 0 Å². The number of aromatic nitrogens is 3. The number of fused-ring (bicyclic) bond motifs is 2. The van der Waals surface area contributed by atoms with E-state index < -0.39 is 0 Å². The van der Waals surface area contributed by atoms with Crippen LogP contribution in [0, 0.1) is 6.92 Å². The lowest BCUT2D eigenvalue weighted by atomic mass is 9.96. The summed E-state index contributed by atoms with van der Waals surface area (Å²) in [5.74, 6) is 1.32. The molecule has 0 aliphatic carbocycles. The zero-order valence-electron chi connectivity index (χ0n) is 15.4. The number of hydrogen-bond donors (Lipinski definition) is 0. The number of para-hydroxylation sites is 1. The molecule has 5 rings (SSSR count). The van der Waals surface area contributed by atoms with Crippen molar-refractivity contribution in [3.05, 3.63) is 64.8 Å². The van der Waals surface area contributed by atoms with Crippen LogP contribution in [0.1, 0.15) is 40.7 Å². The Bertz CT molecular complexity index is 1200. The van der Waals surface area contributed by atoms with Crippen molar-refractivity contribution in [2.75, 3.05) is 13.1 Å². The van der Waals surface area contributed by atoms with E-state index in [-0.39, 0.29) is 11.8 Å². The molecular weight excluding hydrogens is 376 g/mol. The largest absolute Gasteiger partial charge is 0.449 e. The summed E-state index contributed by atoms with van der Waals surface area (Å²) in [4.78, 5) is 15.1. The molecule has 0 saturated carbocycles. The fourth-order valence-corrected chi connectivity index (χ4v) is 4.28. The molecule has 1 saturated heterocycles. The smallest absolute Gasteiger partial charge is 0.289 e. The van der Waals surface area contributed by atoms with Crippen molar-refractivity contribution in [3.63, 3.8) is 0 Å². The van der Waals surface area contributed by atoms with Gasteiger partial charge < -0.3 is 9.32 Å². The molecule has 0 spiro atoms. The SMILES string of the molecule is Cc1c(C(=O)N2CCCC(c3nnc4ccccn34)C2)oc2c(Cl)cccc12. The van der Waals surface area contributed by atoms with Gasteiger partial charge in [-0.05, 0) is 38.0 Å². The van der Waals surface area contributed by atoms with E-state index in [2.05, 4.69) is 10.2 Å². The molecule has 28 heavy (non-hydrogen) atoms. The normalized spacial score (nSPS) is 17.5. The van der Waals surface area contributed by atoms with E-state index in [0.717, 1.165) is 35.3 Å². The van der Waals surface area contributed by atoms with Gasteiger partial charge in [-0.3, -0.25) is 9.20 Å². The zero-order valence-corrected chi connectivity index (χ0v) is 16.2. The number of rotatable bonds is 2. The lowest BCUT2D eigenvalue weighted by Gasteiger charge is -2.31. The number of nitrogens with zero attached hydrogens (tertiary/aromatic N) is 4. The van der Waals surface area contributed by atoms with E-state index in [9.17, 15) is 4.79 Å². The summed E-state index contributed by atoms with van der Waals surface area (Å²) in [6.45, 7) is 3.21. The molecule has 1 aliphatic heterocycles. The van der Waals surface area contributed by atoms with Crippen LogP contribution in [0.3, 0.4) is 0 Å². The van der Waals surface area contributed by atoms with Crippen LogP contribution in [-0.2, 0) is 0 Å². The average molecular weight is 395 g/mol. The summed E-state index contributed by atoms with van der Waals surface area (Å²) in [5, 5.41) is 10.0. The number of benzene rings is 1. The molecule has 1 unspecified atom stereocenters. The highest BCUT2D eigenvalue weighted by Crippen LogP contribution is 2.33. The standard InChI is InChI=1S/C21H19ClN4O2/c1-13-15-7-4-8-16(22)19(15)28-18(13)21(27)25-10-5-6-14(12-25)20-24-23-17-9-2-3-11-26(17)20/h2-4,7-9,11,14H,5-6,10,12H2,1H3. The van der Waals surface area contributed by atoms with E-state index in [4.69, 9.17) is 16.0 Å². The molecule has 0 N–H and O–H groups in total. The number of furan rings is 1. The van der Waals surface area contributed by atoms with Gasteiger partial charge in [0.25, 0.3) is 5.91 Å². The molecule has 1 aromatic carbocycles. The first-order valence-electron chi connectivity index (χ1n) is 9.40. The van der Waals surface area contributed by atoms with Crippen molar-refractivity contribution in [2.24, 2.45) is 0 Å². The highest BCUT2D eigenvalue weighted by atomic mass is 35.5. The predicted molar refractivity (Wildman–Crippen MR) is 107 cm³/mol. The number of carbonyl (C=O) groups is 1. The zero-order chi connectivity index (χ0) is 19.3. The van der Waals surface area contributed by atoms with Crippen LogP contribution in [0.4, 0.5) is 0 Å². The van der Waals surface area contributed by atoms with Crippen LogP contribution in [0.15, 0.2) is 47.0 Å². The molecule has 1 aliphatic rings. The second kappa shape index (κ2) is 6.63. The Morgan fingerprint density at radius 1 is 1.21 bits per heavy atom. The summed E-state index contributed by atoms with van der Waals surface area (Å²) in [6, 6.07) is 11.4. The van der Waals surface area contributed by atoms with Gasteiger partial charge in [0.1, 0.15) is 5.82 Å². The van der Waals surface area contributed by atoms with Gasteiger partial charge in [0.2, 0.25) is 0 Å². The molecule has 142 valence electrons. The number of pyridine rings is 1. The van der Waals surface area contributed by atoms with Gasteiger partial charge >= 0.3 is 0 Å². The summed E-state index contributed by atoms with van der Waals surface area (Å²) in [6.07, 6.45) is 3.86. The molecule has 4 aromatic rings. The number of carbonyl (C=O) groups excluding carboxylic acids is 1. The Morgan fingerprint density at radius 2 is 2.11 bits per heavy atom. The third-order valence-electron chi connectivity index (χ3n) is 5.52. The van der Waals surface area contributed by atoms with E-state index in [0.29, 0.717) is 29.5 Å². The Balaban J connectivity index is 1.46. The lowest BCUT2D eigenvalue weighted by molar-refractivity contribution is 0.0673. The maximum Gasteiger partial charge on any atom is 0.289 e. The molecular formula is C21H19ClN4O2. The highest BCUT2D eigenvalue weighted by Gasteiger charge is 2.31. The van der Waals surface area contributed by atoms with Crippen LogP contribution in [0.25, 0.3) is 16.6 Å².